The number of aromatic nitrogens is 2. The van der Waals surface area contributed by atoms with Crippen LogP contribution in [0, 0.1) is 5.92 Å². The SMILES string of the molecule is c1ccc(-c2cn3c(n2)NC2CCCC2C3)cc1. The predicted molar refractivity (Wildman–Crippen MR) is 72.4 cm³/mol. The van der Waals surface area contributed by atoms with Crippen molar-refractivity contribution in [2.24, 2.45) is 5.92 Å². The summed E-state index contributed by atoms with van der Waals surface area (Å²) in [5, 5.41) is 3.60. The van der Waals surface area contributed by atoms with Gasteiger partial charge in [-0.25, -0.2) is 4.98 Å². The number of rotatable bonds is 1. The molecule has 0 radical (unpaired) electrons. The Morgan fingerprint density at radius 1 is 1.17 bits per heavy atom. The molecule has 2 unspecified atom stereocenters. The molecule has 18 heavy (non-hydrogen) atoms. The number of hydrogen-bond acceptors (Lipinski definition) is 2. The van der Waals surface area contributed by atoms with Gasteiger partial charge >= 0.3 is 0 Å². The van der Waals surface area contributed by atoms with Crippen molar-refractivity contribution >= 4 is 5.95 Å². The Hall–Kier alpha value is -1.77. The van der Waals surface area contributed by atoms with E-state index in [4.69, 9.17) is 4.98 Å². The highest BCUT2D eigenvalue weighted by molar-refractivity contribution is 5.60. The van der Waals surface area contributed by atoms with Crippen molar-refractivity contribution in [3.63, 3.8) is 0 Å². The van der Waals surface area contributed by atoms with E-state index in [2.05, 4.69) is 40.3 Å². The minimum Gasteiger partial charge on any atom is -0.353 e. The van der Waals surface area contributed by atoms with E-state index in [1.165, 1.54) is 24.8 Å². The standard InChI is InChI=1S/C15H17N3/c1-2-5-11(6-3-1)14-10-18-9-12-7-4-8-13(12)16-15(18)17-14/h1-3,5-6,10,12-13H,4,7-9H2,(H,16,17). The molecule has 2 aliphatic rings. The molecule has 0 saturated heterocycles. The highest BCUT2D eigenvalue weighted by Gasteiger charge is 2.32. The van der Waals surface area contributed by atoms with Crippen LogP contribution in [0.25, 0.3) is 11.3 Å². The van der Waals surface area contributed by atoms with Crippen LogP contribution in [-0.2, 0) is 6.54 Å². The van der Waals surface area contributed by atoms with Crippen molar-refractivity contribution in [2.75, 3.05) is 5.32 Å². The second kappa shape index (κ2) is 3.87. The van der Waals surface area contributed by atoms with Gasteiger partial charge in [-0.05, 0) is 18.8 Å². The zero-order valence-corrected chi connectivity index (χ0v) is 10.3. The van der Waals surface area contributed by atoms with Gasteiger partial charge in [-0.1, -0.05) is 36.8 Å². The van der Waals surface area contributed by atoms with Crippen molar-refractivity contribution in [1.82, 2.24) is 9.55 Å². The van der Waals surface area contributed by atoms with Gasteiger partial charge in [-0.3, -0.25) is 0 Å². The molecule has 0 amide bonds. The first-order valence-corrected chi connectivity index (χ1v) is 6.79. The van der Waals surface area contributed by atoms with E-state index in [1.807, 2.05) is 6.07 Å². The lowest BCUT2D eigenvalue weighted by Crippen LogP contribution is -2.33. The molecule has 1 aliphatic heterocycles. The third-order valence-corrected chi connectivity index (χ3v) is 4.25. The molecule has 1 saturated carbocycles. The summed E-state index contributed by atoms with van der Waals surface area (Å²) in [6.45, 7) is 1.13. The van der Waals surface area contributed by atoms with Crippen LogP contribution in [0.15, 0.2) is 36.5 Å². The number of fused-ring (bicyclic) bond motifs is 2. The van der Waals surface area contributed by atoms with Crippen LogP contribution in [-0.4, -0.2) is 15.6 Å². The first-order valence-electron chi connectivity index (χ1n) is 6.79. The Morgan fingerprint density at radius 3 is 2.94 bits per heavy atom. The number of nitrogens with zero attached hydrogens (tertiary/aromatic N) is 2. The average molecular weight is 239 g/mol. The Kier molecular flexibility index (Phi) is 2.19. The maximum Gasteiger partial charge on any atom is 0.203 e. The quantitative estimate of drug-likeness (QED) is 0.828. The van der Waals surface area contributed by atoms with Crippen LogP contribution in [0.5, 0.6) is 0 Å². The summed E-state index contributed by atoms with van der Waals surface area (Å²) < 4.78 is 2.29. The van der Waals surface area contributed by atoms with Gasteiger partial charge in [-0.2, -0.15) is 0 Å². The van der Waals surface area contributed by atoms with Crippen molar-refractivity contribution in [3.05, 3.63) is 36.5 Å². The molecular formula is C15H17N3. The largest absolute Gasteiger partial charge is 0.353 e. The fourth-order valence-electron chi connectivity index (χ4n) is 3.28. The molecule has 2 aromatic rings. The first kappa shape index (κ1) is 10.2. The number of anilines is 1. The fraction of sp³-hybridized carbons (Fsp3) is 0.400. The Labute approximate surface area is 107 Å². The molecule has 2 heterocycles. The van der Waals surface area contributed by atoms with Gasteiger partial charge in [0.15, 0.2) is 0 Å². The summed E-state index contributed by atoms with van der Waals surface area (Å²) in [6.07, 6.45) is 6.21. The zero-order chi connectivity index (χ0) is 11.9. The van der Waals surface area contributed by atoms with Gasteiger partial charge in [0.25, 0.3) is 0 Å². The normalized spacial score (nSPS) is 25.3. The molecule has 0 bridgehead atoms. The van der Waals surface area contributed by atoms with E-state index in [-0.39, 0.29) is 0 Å². The minimum absolute atomic E-state index is 0.656. The lowest BCUT2D eigenvalue weighted by Gasteiger charge is -2.28. The highest BCUT2D eigenvalue weighted by atomic mass is 15.2. The lowest BCUT2D eigenvalue weighted by molar-refractivity contribution is 0.402. The van der Waals surface area contributed by atoms with E-state index in [0.717, 1.165) is 24.1 Å². The smallest absolute Gasteiger partial charge is 0.203 e. The van der Waals surface area contributed by atoms with E-state index >= 15 is 0 Å². The minimum atomic E-state index is 0.656. The van der Waals surface area contributed by atoms with Crippen molar-refractivity contribution in [3.8, 4) is 11.3 Å². The number of imidazole rings is 1. The summed E-state index contributed by atoms with van der Waals surface area (Å²) in [6, 6.07) is 11.1. The molecule has 1 aliphatic carbocycles. The maximum atomic E-state index is 4.73. The highest BCUT2D eigenvalue weighted by Crippen LogP contribution is 2.35. The molecule has 0 spiro atoms. The molecule has 4 rings (SSSR count). The average Bonchev–Trinajstić information content (AvgIpc) is 3.01. The van der Waals surface area contributed by atoms with Gasteiger partial charge in [0.1, 0.15) is 0 Å². The van der Waals surface area contributed by atoms with Gasteiger partial charge in [0.2, 0.25) is 5.95 Å². The van der Waals surface area contributed by atoms with Crippen LogP contribution < -0.4 is 5.32 Å². The molecule has 1 fully saturated rings. The van der Waals surface area contributed by atoms with Gasteiger partial charge in [-0.15, -0.1) is 0 Å². The summed E-state index contributed by atoms with van der Waals surface area (Å²) in [5.74, 6) is 1.85. The van der Waals surface area contributed by atoms with Crippen molar-refractivity contribution in [2.45, 2.75) is 31.8 Å². The molecule has 3 heteroatoms. The second-order valence-corrected chi connectivity index (χ2v) is 5.41. The third-order valence-electron chi connectivity index (χ3n) is 4.25. The first-order chi connectivity index (χ1) is 8.90. The summed E-state index contributed by atoms with van der Waals surface area (Å²) >= 11 is 0. The third kappa shape index (κ3) is 1.54. The summed E-state index contributed by atoms with van der Waals surface area (Å²) in [4.78, 5) is 4.73. The second-order valence-electron chi connectivity index (χ2n) is 5.41. The Morgan fingerprint density at radius 2 is 2.06 bits per heavy atom. The Balaban J connectivity index is 1.70. The van der Waals surface area contributed by atoms with Gasteiger partial charge < -0.3 is 9.88 Å². The van der Waals surface area contributed by atoms with Crippen molar-refractivity contribution < 1.29 is 0 Å². The number of hydrogen-bond donors (Lipinski definition) is 1. The monoisotopic (exact) mass is 239 g/mol. The van der Waals surface area contributed by atoms with Crippen LogP contribution in [0.4, 0.5) is 5.95 Å². The molecule has 2 atom stereocenters. The predicted octanol–water partition coefficient (Wildman–Crippen LogP) is 3.14. The van der Waals surface area contributed by atoms with Crippen LogP contribution in [0.3, 0.4) is 0 Å². The molecule has 1 N–H and O–H groups in total. The zero-order valence-electron chi connectivity index (χ0n) is 10.3. The molecule has 1 aromatic carbocycles. The molecule has 3 nitrogen and oxygen atoms in total. The summed E-state index contributed by atoms with van der Waals surface area (Å²) in [5.41, 5.74) is 2.28. The van der Waals surface area contributed by atoms with Crippen LogP contribution in [0.1, 0.15) is 19.3 Å². The van der Waals surface area contributed by atoms with E-state index < -0.39 is 0 Å². The van der Waals surface area contributed by atoms with Crippen molar-refractivity contribution in [1.29, 1.82) is 0 Å². The van der Waals surface area contributed by atoms with Crippen LogP contribution >= 0.6 is 0 Å². The fourth-order valence-corrected chi connectivity index (χ4v) is 3.28. The topological polar surface area (TPSA) is 29.9 Å². The van der Waals surface area contributed by atoms with E-state index in [1.54, 1.807) is 0 Å². The number of benzene rings is 1. The van der Waals surface area contributed by atoms with E-state index in [9.17, 15) is 0 Å². The molecule has 92 valence electrons. The van der Waals surface area contributed by atoms with Gasteiger partial charge in [0.05, 0.1) is 5.69 Å². The van der Waals surface area contributed by atoms with Crippen LogP contribution in [0.2, 0.25) is 0 Å². The molecular weight excluding hydrogens is 222 g/mol. The maximum absolute atomic E-state index is 4.73. The molecule has 1 aromatic heterocycles. The number of nitrogens with one attached hydrogen (secondary N) is 1. The summed E-state index contributed by atoms with van der Waals surface area (Å²) in [7, 11) is 0. The van der Waals surface area contributed by atoms with Gasteiger partial charge in [0, 0.05) is 24.3 Å². The lowest BCUT2D eigenvalue weighted by atomic mass is 10.0. The van der Waals surface area contributed by atoms with E-state index in [0.29, 0.717) is 6.04 Å². The Bertz CT molecular complexity index is 529.